The lowest BCUT2D eigenvalue weighted by atomic mass is 10.1. The molecule has 162 valence electrons. The molecule has 0 aliphatic carbocycles. The molecule has 1 saturated heterocycles. The number of halogens is 1. The number of nitrogens with one attached hydrogen (secondary N) is 1. The van der Waals surface area contributed by atoms with Gasteiger partial charge in [0.1, 0.15) is 5.75 Å². The van der Waals surface area contributed by atoms with Gasteiger partial charge < -0.3 is 4.74 Å². The summed E-state index contributed by atoms with van der Waals surface area (Å²) >= 11 is 6.45. The minimum absolute atomic E-state index is 0.0438. The lowest BCUT2D eigenvalue weighted by Crippen LogP contribution is -2.43. The number of ether oxygens (including phenoxy) is 1. The molecule has 1 atom stereocenters. The van der Waals surface area contributed by atoms with Gasteiger partial charge in [-0.25, -0.2) is 8.42 Å². The molecule has 9 heteroatoms. The van der Waals surface area contributed by atoms with Gasteiger partial charge in [-0.2, -0.15) is 0 Å². The number of carbonyl (C=O) groups excluding carboxylic acids is 2. The molecule has 1 aliphatic rings. The summed E-state index contributed by atoms with van der Waals surface area (Å²) in [6.07, 6.45) is 0.643. The minimum atomic E-state index is -4.15. The third-order valence-electron chi connectivity index (χ3n) is 4.84. The normalized spacial score (nSPS) is 18.3. The zero-order chi connectivity index (χ0) is 22.6. The number of imide groups is 1. The van der Waals surface area contributed by atoms with E-state index in [1.165, 1.54) is 31.4 Å². The molecule has 2 aromatic carbocycles. The molecule has 1 fully saturated rings. The van der Waals surface area contributed by atoms with Crippen LogP contribution >= 0.6 is 23.4 Å². The molecular weight excluding hydrogens is 458 g/mol. The summed E-state index contributed by atoms with van der Waals surface area (Å²) < 4.78 is 29.8. The second-order valence-electron chi connectivity index (χ2n) is 6.89. The first-order chi connectivity index (χ1) is 14.7. The fraction of sp³-hybridized carbons (Fsp3) is 0.273. The third kappa shape index (κ3) is 4.74. The molecule has 1 heterocycles. The van der Waals surface area contributed by atoms with E-state index in [0.29, 0.717) is 35.4 Å². The first-order valence-electron chi connectivity index (χ1n) is 9.38. The van der Waals surface area contributed by atoms with Gasteiger partial charge >= 0.3 is 0 Å². The largest absolute Gasteiger partial charge is 0.497 e. The SMILES string of the molecule is COc1ccc(S(=O)(=O)C2(CCCC#Cc3ccc(Cl)cc3C)SC(=O)NC2=O)cc1. The molecule has 0 radical (unpaired) electrons. The van der Waals surface area contributed by atoms with E-state index in [1.807, 2.05) is 19.1 Å². The number of sulfone groups is 1. The van der Waals surface area contributed by atoms with E-state index >= 15 is 0 Å². The van der Waals surface area contributed by atoms with Crippen LogP contribution in [-0.4, -0.2) is 30.8 Å². The molecule has 0 spiro atoms. The molecule has 0 bridgehead atoms. The summed E-state index contributed by atoms with van der Waals surface area (Å²) in [7, 11) is -2.68. The van der Waals surface area contributed by atoms with E-state index in [9.17, 15) is 18.0 Å². The van der Waals surface area contributed by atoms with Crippen LogP contribution in [-0.2, 0) is 14.6 Å². The molecule has 1 N–H and O–H groups in total. The highest BCUT2D eigenvalue weighted by Gasteiger charge is 2.57. The van der Waals surface area contributed by atoms with Crippen molar-refractivity contribution in [3.63, 3.8) is 0 Å². The van der Waals surface area contributed by atoms with Crippen LogP contribution in [0.1, 0.15) is 30.4 Å². The average molecular weight is 478 g/mol. The van der Waals surface area contributed by atoms with Crippen molar-refractivity contribution in [1.29, 1.82) is 0 Å². The Morgan fingerprint density at radius 1 is 1.16 bits per heavy atom. The number of benzene rings is 2. The van der Waals surface area contributed by atoms with E-state index in [-0.39, 0.29) is 11.3 Å². The summed E-state index contributed by atoms with van der Waals surface area (Å²) in [4.78, 5) is 24.5. The molecule has 3 rings (SSSR count). The van der Waals surface area contributed by atoms with Gasteiger partial charge in [-0.05, 0) is 79.6 Å². The monoisotopic (exact) mass is 477 g/mol. The van der Waals surface area contributed by atoms with Gasteiger partial charge in [0.2, 0.25) is 13.9 Å². The highest BCUT2D eigenvalue weighted by molar-refractivity contribution is 8.25. The predicted molar refractivity (Wildman–Crippen MR) is 121 cm³/mol. The van der Waals surface area contributed by atoms with Crippen molar-refractivity contribution in [3.05, 3.63) is 58.6 Å². The zero-order valence-electron chi connectivity index (χ0n) is 16.9. The van der Waals surface area contributed by atoms with E-state index in [2.05, 4.69) is 17.2 Å². The van der Waals surface area contributed by atoms with Crippen molar-refractivity contribution >= 4 is 44.3 Å². The average Bonchev–Trinajstić information content (AvgIpc) is 3.03. The van der Waals surface area contributed by atoms with Gasteiger partial charge in [0.25, 0.3) is 11.1 Å². The topological polar surface area (TPSA) is 89.5 Å². The van der Waals surface area contributed by atoms with Crippen LogP contribution < -0.4 is 10.1 Å². The second-order valence-corrected chi connectivity index (χ2v) is 11.0. The van der Waals surface area contributed by atoms with Gasteiger partial charge in [0.15, 0.2) is 0 Å². The number of hydrogen-bond donors (Lipinski definition) is 1. The Balaban J connectivity index is 1.81. The van der Waals surface area contributed by atoms with Crippen LogP contribution in [0, 0.1) is 18.8 Å². The van der Waals surface area contributed by atoms with E-state index < -0.39 is 25.1 Å². The van der Waals surface area contributed by atoms with E-state index in [0.717, 1.165) is 11.1 Å². The maximum absolute atomic E-state index is 13.4. The van der Waals surface area contributed by atoms with Crippen molar-refractivity contribution in [2.45, 2.75) is 35.2 Å². The second kappa shape index (κ2) is 9.35. The molecule has 6 nitrogen and oxygen atoms in total. The summed E-state index contributed by atoms with van der Waals surface area (Å²) in [5, 5.41) is 2.07. The van der Waals surface area contributed by atoms with Crippen LogP contribution in [0.25, 0.3) is 0 Å². The van der Waals surface area contributed by atoms with Crippen LogP contribution in [0.3, 0.4) is 0 Å². The summed E-state index contributed by atoms with van der Waals surface area (Å²) in [5.41, 5.74) is 1.77. The maximum Gasteiger partial charge on any atom is 0.287 e. The van der Waals surface area contributed by atoms with Crippen LogP contribution in [0.4, 0.5) is 4.79 Å². The number of carbonyl (C=O) groups is 2. The van der Waals surface area contributed by atoms with Gasteiger partial charge in [-0.15, -0.1) is 0 Å². The molecule has 2 aromatic rings. The van der Waals surface area contributed by atoms with Crippen molar-refractivity contribution < 1.29 is 22.7 Å². The van der Waals surface area contributed by atoms with Crippen molar-refractivity contribution in [2.75, 3.05) is 7.11 Å². The van der Waals surface area contributed by atoms with Crippen molar-refractivity contribution in [3.8, 4) is 17.6 Å². The smallest absolute Gasteiger partial charge is 0.287 e. The summed E-state index contributed by atoms with van der Waals surface area (Å²) in [6.45, 7) is 1.90. The Morgan fingerprint density at radius 3 is 2.45 bits per heavy atom. The number of unbranched alkanes of at least 4 members (excludes halogenated alkanes) is 1. The van der Waals surface area contributed by atoms with Crippen LogP contribution in [0.2, 0.25) is 5.02 Å². The number of methoxy groups -OCH3 is 1. The molecule has 1 aliphatic heterocycles. The van der Waals surface area contributed by atoms with Gasteiger partial charge in [-0.3, -0.25) is 14.9 Å². The quantitative estimate of drug-likeness (QED) is 0.492. The number of hydrogen-bond acceptors (Lipinski definition) is 6. The Kier molecular flexibility index (Phi) is 6.99. The van der Waals surface area contributed by atoms with Crippen LogP contribution in [0.15, 0.2) is 47.4 Å². The van der Waals surface area contributed by atoms with Crippen molar-refractivity contribution in [2.24, 2.45) is 0 Å². The molecule has 31 heavy (non-hydrogen) atoms. The van der Waals surface area contributed by atoms with Gasteiger partial charge in [0, 0.05) is 17.0 Å². The zero-order valence-corrected chi connectivity index (χ0v) is 19.3. The number of aryl methyl sites for hydroxylation is 1. The van der Waals surface area contributed by atoms with E-state index in [1.54, 1.807) is 6.07 Å². The van der Waals surface area contributed by atoms with E-state index in [4.69, 9.17) is 16.3 Å². The third-order valence-corrected chi connectivity index (χ3v) is 9.14. The molecule has 1 unspecified atom stereocenters. The first-order valence-corrected chi connectivity index (χ1v) is 12.1. The Morgan fingerprint density at radius 2 is 1.87 bits per heavy atom. The van der Waals surface area contributed by atoms with Crippen molar-refractivity contribution in [1.82, 2.24) is 5.32 Å². The standard InChI is InChI=1S/C22H20ClNO5S2/c1-15-14-17(23)8-7-16(15)6-4-3-5-13-22(20(25)24-21(26)30-22)31(27,28)19-11-9-18(29-2)10-12-19/h7-12,14H,3,5,13H2,1-2H3,(H,24,25,26). The maximum atomic E-state index is 13.4. The molecule has 2 amide bonds. The van der Waals surface area contributed by atoms with Gasteiger partial charge in [0.05, 0.1) is 12.0 Å². The minimum Gasteiger partial charge on any atom is -0.497 e. The Labute approximate surface area is 190 Å². The summed E-state index contributed by atoms with van der Waals surface area (Å²) in [5.74, 6) is 5.71. The fourth-order valence-corrected chi connectivity index (χ4v) is 6.76. The number of amides is 2. The Hall–Kier alpha value is -2.47. The first kappa shape index (κ1) is 23.2. The lowest BCUT2D eigenvalue weighted by Gasteiger charge is -2.24. The predicted octanol–water partition coefficient (Wildman–Crippen LogP) is 4.33. The summed E-state index contributed by atoms with van der Waals surface area (Å²) in [6, 6.07) is 11.1. The highest BCUT2D eigenvalue weighted by atomic mass is 35.5. The number of thioether (sulfide) groups is 1. The Bertz CT molecular complexity index is 1180. The molecule has 0 saturated carbocycles. The molecule has 0 aromatic heterocycles. The lowest BCUT2D eigenvalue weighted by molar-refractivity contribution is -0.120. The molecular formula is C22H20ClNO5S2. The van der Waals surface area contributed by atoms with Crippen LogP contribution in [0.5, 0.6) is 5.75 Å². The fourth-order valence-electron chi connectivity index (χ4n) is 3.17. The number of rotatable bonds is 6. The van der Waals surface area contributed by atoms with Gasteiger partial charge in [-0.1, -0.05) is 23.4 Å². The highest BCUT2D eigenvalue weighted by Crippen LogP contribution is 2.44.